The first-order valence-electron chi connectivity index (χ1n) is 5.71. The molecule has 1 heterocycles. The zero-order valence-electron chi connectivity index (χ0n) is 10.7. The van der Waals surface area contributed by atoms with Crippen LogP contribution in [-0.2, 0) is 0 Å². The summed E-state index contributed by atoms with van der Waals surface area (Å²) < 4.78 is 7.28. The average molecular weight is 244 g/mol. The highest BCUT2D eigenvalue weighted by Gasteiger charge is 2.10. The molecule has 0 saturated heterocycles. The minimum atomic E-state index is -0.182. The van der Waals surface area contributed by atoms with Gasteiger partial charge in [0.15, 0.2) is 0 Å². The average Bonchev–Trinajstić information content (AvgIpc) is 2.79. The van der Waals surface area contributed by atoms with Crippen LogP contribution >= 0.6 is 0 Å². The van der Waals surface area contributed by atoms with Crippen LogP contribution < -0.4 is 4.74 Å². The standard InChI is InChI=1S/C13H16N4O/c1-13(2,3)18-12-6-4-11(5-7-12)8-16-17-9-14-15-10-17/h4-10H,1-3H3/b16-8-. The maximum absolute atomic E-state index is 5.74. The molecule has 0 radical (unpaired) electrons. The van der Waals surface area contributed by atoms with E-state index in [-0.39, 0.29) is 5.60 Å². The Kier molecular flexibility index (Phi) is 3.41. The lowest BCUT2D eigenvalue weighted by Crippen LogP contribution is -2.22. The molecule has 1 aromatic heterocycles. The summed E-state index contributed by atoms with van der Waals surface area (Å²) in [5.74, 6) is 0.851. The maximum Gasteiger partial charge on any atom is 0.141 e. The van der Waals surface area contributed by atoms with Crippen molar-refractivity contribution < 1.29 is 4.74 Å². The van der Waals surface area contributed by atoms with Gasteiger partial charge in [-0.25, -0.2) is 4.68 Å². The van der Waals surface area contributed by atoms with Gasteiger partial charge in [0.1, 0.15) is 24.0 Å². The van der Waals surface area contributed by atoms with Gasteiger partial charge in [-0.3, -0.25) is 0 Å². The van der Waals surface area contributed by atoms with Crippen molar-refractivity contribution >= 4 is 6.21 Å². The SMILES string of the molecule is CC(C)(C)Oc1ccc(/C=N\n2cnnc2)cc1. The second-order valence-corrected chi connectivity index (χ2v) is 4.87. The minimum absolute atomic E-state index is 0.182. The molecular formula is C13H16N4O. The van der Waals surface area contributed by atoms with Gasteiger partial charge in [0.05, 0.1) is 6.21 Å². The molecule has 0 aliphatic rings. The summed E-state index contributed by atoms with van der Waals surface area (Å²) >= 11 is 0. The Morgan fingerprint density at radius 3 is 2.28 bits per heavy atom. The monoisotopic (exact) mass is 244 g/mol. The molecule has 2 aromatic rings. The smallest absolute Gasteiger partial charge is 0.141 e. The van der Waals surface area contributed by atoms with E-state index in [1.54, 1.807) is 10.9 Å². The third kappa shape index (κ3) is 3.69. The lowest BCUT2D eigenvalue weighted by molar-refractivity contribution is 0.131. The number of benzene rings is 1. The maximum atomic E-state index is 5.74. The topological polar surface area (TPSA) is 52.3 Å². The fourth-order valence-electron chi connectivity index (χ4n) is 1.36. The van der Waals surface area contributed by atoms with Gasteiger partial charge in [0, 0.05) is 0 Å². The van der Waals surface area contributed by atoms with Crippen molar-refractivity contribution in [3.63, 3.8) is 0 Å². The normalized spacial score (nSPS) is 11.9. The Bertz CT molecular complexity index is 509. The largest absolute Gasteiger partial charge is 0.488 e. The van der Waals surface area contributed by atoms with E-state index >= 15 is 0 Å². The molecule has 0 N–H and O–H groups in total. The second-order valence-electron chi connectivity index (χ2n) is 4.87. The lowest BCUT2D eigenvalue weighted by Gasteiger charge is -2.21. The van der Waals surface area contributed by atoms with E-state index in [2.05, 4.69) is 15.3 Å². The molecule has 2 rings (SSSR count). The highest BCUT2D eigenvalue weighted by molar-refractivity contribution is 5.79. The second kappa shape index (κ2) is 5.00. The van der Waals surface area contributed by atoms with E-state index in [9.17, 15) is 0 Å². The minimum Gasteiger partial charge on any atom is -0.488 e. The van der Waals surface area contributed by atoms with Crippen LogP contribution in [-0.4, -0.2) is 26.7 Å². The summed E-state index contributed by atoms with van der Waals surface area (Å²) in [5, 5.41) is 11.5. The summed E-state index contributed by atoms with van der Waals surface area (Å²) in [4.78, 5) is 0. The molecule has 5 nitrogen and oxygen atoms in total. The van der Waals surface area contributed by atoms with Crippen LogP contribution in [0.1, 0.15) is 26.3 Å². The van der Waals surface area contributed by atoms with Crippen molar-refractivity contribution in [1.29, 1.82) is 0 Å². The van der Waals surface area contributed by atoms with E-state index in [0.717, 1.165) is 11.3 Å². The number of nitrogens with zero attached hydrogens (tertiary/aromatic N) is 4. The van der Waals surface area contributed by atoms with Crippen LogP contribution in [0.25, 0.3) is 0 Å². The first kappa shape index (κ1) is 12.3. The van der Waals surface area contributed by atoms with E-state index < -0.39 is 0 Å². The molecule has 0 bridgehead atoms. The lowest BCUT2D eigenvalue weighted by atomic mass is 10.2. The molecule has 1 aromatic carbocycles. The van der Waals surface area contributed by atoms with E-state index in [1.165, 1.54) is 12.7 Å². The van der Waals surface area contributed by atoms with E-state index in [4.69, 9.17) is 4.74 Å². The molecule has 0 fully saturated rings. The zero-order chi connectivity index (χ0) is 13.0. The molecule has 0 aliphatic carbocycles. The summed E-state index contributed by atoms with van der Waals surface area (Å²) in [6, 6.07) is 7.77. The van der Waals surface area contributed by atoms with Gasteiger partial charge in [-0.1, -0.05) is 0 Å². The first-order valence-corrected chi connectivity index (χ1v) is 5.71. The van der Waals surface area contributed by atoms with Crippen molar-refractivity contribution in [2.75, 3.05) is 0 Å². The van der Waals surface area contributed by atoms with Gasteiger partial charge in [0.2, 0.25) is 0 Å². The van der Waals surface area contributed by atoms with Crippen LogP contribution in [0.3, 0.4) is 0 Å². The molecule has 94 valence electrons. The van der Waals surface area contributed by atoms with E-state index in [1.807, 2.05) is 45.0 Å². The summed E-state index contributed by atoms with van der Waals surface area (Å²) in [7, 11) is 0. The summed E-state index contributed by atoms with van der Waals surface area (Å²) in [6.07, 6.45) is 4.81. The molecular weight excluding hydrogens is 228 g/mol. The van der Waals surface area contributed by atoms with Gasteiger partial charge in [-0.2, -0.15) is 5.10 Å². The van der Waals surface area contributed by atoms with Crippen LogP contribution in [0.4, 0.5) is 0 Å². The van der Waals surface area contributed by atoms with Crippen molar-refractivity contribution in [2.24, 2.45) is 5.10 Å². The quantitative estimate of drug-likeness (QED) is 0.779. The van der Waals surface area contributed by atoms with Gasteiger partial charge in [-0.05, 0) is 50.6 Å². The van der Waals surface area contributed by atoms with Crippen molar-refractivity contribution in [1.82, 2.24) is 14.9 Å². The fraction of sp³-hybridized carbons (Fsp3) is 0.308. The molecule has 0 amide bonds. The molecule has 0 spiro atoms. The number of rotatable bonds is 3. The van der Waals surface area contributed by atoms with Crippen LogP contribution in [0.5, 0.6) is 5.75 Å². The predicted molar refractivity (Wildman–Crippen MR) is 69.8 cm³/mol. The van der Waals surface area contributed by atoms with Gasteiger partial charge >= 0.3 is 0 Å². The van der Waals surface area contributed by atoms with Crippen LogP contribution in [0.15, 0.2) is 42.0 Å². The third-order valence-corrected chi connectivity index (χ3v) is 2.05. The molecule has 0 unspecified atom stereocenters. The van der Waals surface area contributed by atoms with Gasteiger partial charge in [-0.15, -0.1) is 10.2 Å². The third-order valence-electron chi connectivity index (χ3n) is 2.05. The number of aromatic nitrogens is 3. The Morgan fingerprint density at radius 1 is 1.11 bits per heavy atom. The number of hydrogen-bond donors (Lipinski definition) is 0. The molecule has 0 saturated carbocycles. The highest BCUT2D eigenvalue weighted by Crippen LogP contribution is 2.17. The summed E-state index contributed by atoms with van der Waals surface area (Å²) in [6.45, 7) is 6.07. The van der Waals surface area contributed by atoms with E-state index in [0.29, 0.717) is 0 Å². The van der Waals surface area contributed by atoms with Crippen molar-refractivity contribution in [3.05, 3.63) is 42.5 Å². The Balaban J connectivity index is 2.04. The summed E-state index contributed by atoms with van der Waals surface area (Å²) in [5.41, 5.74) is 0.808. The highest BCUT2D eigenvalue weighted by atomic mass is 16.5. The predicted octanol–water partition coefficient (Wildman–Crippen LogP) is 2.34. The van der Waals surface area contributed by atoms with Crippen molar-refractivity contribution in [2.45, 2.75) is 26.4 Å². The first-order chi connectivity index (χ1) is 8.53. The number of ether oxygens (including phenoxy) is 1. The Labute approximate surface area is 106 Å². The fourth-order valence-corrected chi connectivity index (χ4v) is 1.36. The van der Waals surface area contributed by atoms with Crippen molar-refractivity contribution in [3.8, 4) is 5.75 Å². The molecule has 18 heavy (non-hydrogen) atoms. The van der Waals surface area contributed by atoms with Crippen LogP contribution in [0, 0.1) is 0 Å². The Morgan fingerprint density at radius 2 is 1.72 bits per heavy atom. The van der Waals surface area contributed by atoms with Crippen LogP contribution in [0.2, 0.25) is 0 Å². The molecule has 5 heteroatoms. The zero-order valence-corrected chi connectivity index (χ0v) is 10.7. The molecule has 0 atom stereocenters. The van der Waals surface area contributed by atoms with Gasteiger partial charge in [0.25, 0.3) is 0 Å². The molecule has 0 aliphatic heterocycles. The Hall–Kier alpha value is -2.17. The number of hydrogen-bond acceptors (Lipinski definition) is 4. The van der Waals surface area contributed by atoms with Gasteiger partial charge < -0.3 is 4.74 Å².